The molecular weight excluding hydrogens is 342 g/mol. The molecule has 2 aromatic carbocycles. The van der Waals surface area contributed by atoms with E-state index in [2.05, 4.69) is 24.4 Å². The maximum Gasteiger partial charge on any atom is 0.244 e. The summed E-state index contributed by atoms with van der Waals surface area (Å²) in [7, 11) is 3.16. The first-order valence-electron chi connectivity index (χ1n) is 9.06. The Morgan fingerprint density at radius 1 is 1.04 bits per heavy atom. The molecule has 0 fully saturated rings. The van der Waals surface area contributed by atoms with E-state index in [0.29, 0.717) is 24.7 Å². The molecule has 0 bridgehead atoms. The SMILES string of the molecule is CCCc1ccc(OCCNC(=O)/C=C/c2ccc(OC)c(OC)c2)cc1. The number of hydrogen-bond acceptors (Lipinski definition) is 4. The summed E-state index contributed by atoms with van der Waals surface area (Å²) in [4.78, 5) is 11.9. The second-order valence-electron chi connectivity index (χ2n) is 5.98. The quantitative estimate of drug-likeness (QED) is 0.510. The Hall–Kier alpha value is -2.95. The van der Waals surface area contributed by atoms with Crippen LogP contribution in [0.4, 0.5) is 0 Å². The van der Waals surface area contributed by atoms with Gasteiger partial charge in [0, 0.05) is 6.08 Å². The predicted octanol–water partition coefficient (Wildman–Crippen LogP) is 3.86. The van der Waals surface area contributed by atoms with E-state index >= 15 is 0 Å². The van der Waals surface area contributed by atoms with Crippen molar-refractivity contribution >= 4 is 12.0 Å². The van der Waals surface area contributed by atoms with Gasteiger partial charge < -0.3 is 19.5 Å². The summed E-state index contributed by atoms with van der Waals surface area (Å²) in [6, 6.07) is 13.5. The molecule has 144 valence electrons. The molecule has 2 rings (SSSR count). The fourth-order valence-corrected chi connectivity index (χ4v) is 2.57. The summed E-state index contributed by atoms with van der Waals surface area (Å²) >= 11 is 0. The highest BCUT2D eigenvalue weighted by Gasteiger charge is 2.03. The topological polar surface area (TPSA) is 56.8 Å². The predicted molar refractivity (Wildman–Crippen MR) is 108 cm³/mol. The lowest BCUT2D eigenvalue weighted by Gasteiger charge is -2.08. The van der Waals surface area contributed by atoms with Crippen molar-refractivity contribution in [2.24, 2.45) is 0 Å². The lowest BCUT2D eigenvalue weighted by molar-refractivity contribution is -0.116. The lowest BCUT2D eigenvalue weighted by Crippen LogP contribution is -2.26. The van der Waals surface area contributed by atoms with Crippen LogP contribution >= 0.6 is 0 Å². The van der Waals surface area contributed by atoms with Gasteiger partial charge in [0.25, 0.3) is 0 Å². The third-order valence-electron chi connectivity index (χ3n) is 3.97. The molecule has 0 radical (unpaired) electrons. The second-order valence-corrected chi connectivity index (χ2v) is 5.98. The highest BCUT2D eigenvalue weighted by molar-refractivity contribution is 5.91. The molecule has 0 aliphatic carbocycles. The standard InChI is InChI=1S/C22H27NO4/c1-4-5-17-6-10-19(11-7-17)27-15-14-23-22(24)13-9-18-8-12-20(25-2)21(16-18)26-3/h6-13,16H,4-5,14-15H2,1-3H3,(H,23,24)/b13-9+. The summed E-state index contributed by atoms with van der Waals surface area (Å²) < 4.78 is 16.1. The summed E-state index contributed by atoms with van der Waals surface area (Å²) in [5, 5.41) is 2.80. The minimum absolute atomic E-state index is 0.174. The molecule has 2 aromatic rings. The minimum Gasteiger partial charge on any atom is -0.493 e. The number of carbonyl (C=O) groups is 1. The van der Waals surface area contributed by atoms with E-state index in [4.69, 9.17) is 14.2 Å². The van der Waals surface area contributed by atoms with Crippen molar-refractivity contribution in [1.29, 1.82) is 0 Å². The van der Waals surface area contributed by atoms with Crippen molar-refractivity contribution in [2.45, 2.75) is 19.8 Å². The molecule has 0 unspecified atom stereocenters. The summed E-state index contributed by atoms with van der Waals surface area (Å²) in [5.74, 6) is 1.91. The van der Waals surface area contributed by atoms with Crippen LogP contribution in [0, 0.1) is 0 Å². The van der Waals surface area contributed by atoms with Gasteiger partial charge in [-0.1, -0.05) is 31.5 Å². The molecule has 0 aliphatic rings. The average molecular weight is 369 g/mol. The smallest absolute Gasteiger partial charge is 0.244 e. The third kappa shape index (κ3) is 6.70. The van der Waals surface area contributed by atoms with Crippen LogP contribution in [0.1, 0.15) is 24.5 Å². The van der Waals surface area contributed by atoms with Crippen molar-refractivity contribution in [1.82, 2.24) is 5.32 Å². The van der Waals surface area contributed by atoms with E-state index in [0.717, 1.165) is 24.2 Å². The molecule has 1 N–H and O–H groups in total. The molecule has 0 saturated heterocycles. The van der Waals surface area contributed by atoms with Crippen molar-refractivity contribution in [3.8, 4) is 17.2 Å². The Morgan fingerprint density at radius 3 is 2.44 bits per heavy atom. The highest BCUT2D eigenvalue weighted by Crippen LogP contribution is 2.27. The van der Waals surface area contributed by atoms with E-state index in [1.807, 2.05) is 24.3 Å². The van der Waals surface area contributed by atoms with Crippen LogP contribution in [-0.2, 0) is 11.2 Å². The van der Waals surface area contributed by atoms with Crippen LogP contribution in [-0.4, -0.2) is 33.3 Å². The average Bonchev–Trinajstić information content (AvgIpc) is 2.70. The van der Waals surface area contributed by atoms with Gasteiger partial charge >= 0.3 is 0 Å². The normalized spacial score (nSPS) is 10.6. The fraction of sp³-hybridized carbons (Fsp3) is 0.318. The molecule has 27 heavy (non-hydrogen) atoms. The van der Waals surface area contributed by atoms with E-state index in [-0.39, 0.29) is 5.91 Å². The first-order valence-corrected chi connectivity index (χ1v) is 9.06. The molecule has 5 heteroatoms. The molecule has 0 saturated carbocycles. The Morgan fingerprint density at radius 2 is 1.78 bits per heavy atom. The Kier molecular flexibility index (Phi) is 8.23. The Balaban J connectivity index is 1.75. The number of benzene rings is 2. The number of rotatable bonds is 10. The van der Waals surface area contributed by atoms with Crippen LogP contribution < -0.4 is 19.5 Å². The zero-order chi connectivity index (χ0) is 19.5. The first kappa shape index (κ1) is 20.4. The number of amides is 1. The molecule has 0 aliphatic heterocycles. The van der Waals surface area contributed by atoms with Crippen molar-refractivity contribution in [3.63, 3.8) is 0 Å². The second kappa shape index (κ2) is 10.9. The van der Waals surface area contributed by atoms with Gasteiger partial charge in [-0.3, -0.25) is 4.79 Å². The summed E-state index contributed by atoms with van der Waals surface area (Å²) in [6.07, 6.45) is 5.41. The largest absolute Gasteiger partial charge is 0.493 e. The number of nitrogens with one attached hydrogen (secondary N) is 1. The van der Waals surface area contributed by atoms with E-state index in [1.54, 1.807) is 26.4 Å². The molecule has 0 atom stereocenters. The van der Waals surface area contributed by atoms with Gasteiger partial charge in [0.15, 0.2) is 11.5 Å². The molecule has 0 heterocycles. The monoisotopic (exact) mass is 369 g/mol. The maximum absolute atomic E-state index is 11.9. The van der Waals surface area contributed by atoms with Gasteiger partial charge in [0.05, 0.1) is 20.8 Å². The number of carbonyl (C=O) groups excluding carboxylic acids is 1. The maximum atomic E-state index is 11.9. The van der Waals surface area contributed by atoms with E-state index in [9.17, 15) is 4.79 Å². The lowest BCUT2D eigenvalue weighted by atomic mass is 10.1. The molecule has 5 nitrogen and oxygen atoms in total. The minimum atomic E-state index is -0.174. The number of aryl methyl sites for hydroxylation is 1. The van der Waals surface area contributed by atoms with Crippen molar-refractivity contribution in [2.75, 3.05) is 27.4 Å². The van der Waals surface area contributed by atoms with Crippen LogP contribution in [0.5, 0.6) is 17.2 Å². The van der Waals surface area contributed by atoms with Crippen molar-refractivity contribution < 1.29 is 19.0 Å². The van der Waals surface area contributed by atoms with Gasteiger partial charge in [-0.15, -0.1) is 0 Å². The van der Waals surface area contributed by atoms with Gasteiger partial charge in [0.1, 0.15) is 12.4 Å². The number of ether oxygens (including phenoxy) is 3. The van der Waals surface area contributed by atoms with Crippen LogP contribution in [0.2, 0.25) is 0 Å². The van der Waals surface area contributed by atoms with E-state index in [1.165, 1.54) is 11.6 Å². The van der Waals surface area contributed by atoms with Gasteiger partial charge in [-0.25, -0.2) is 0 Å². The fourth-order valence-electron chi connectivity index (χ4n) is 2.57. The van der Waals surface area contributed by atoms with Crippen LogP contribution in [0.25, 0.3) is 6.08 Å². The zero-order valence-corrected chi connectivity index (χ0v) is 16.2. The number of methoxy groups -OCH3 is 2. The summed E-state index contributed by atoms with van der Waals surface area (Å²) in [6.45, 7) is 3.02. The molecular formula is C22H27NO4. The highest BCUT2D eigenvalue weighted by atomic mass is 16.5. The molecule has 0 aromatic heterocycles. The number of hydrogen-bond donors (Lipinski definition) is 1. The first-order chi connectivity index (χ1) is 13.2. The van der Waals surface area contributed by atoms with Crippen molar-refractivity contribution in [3.05, 3.63) is 59.7 Å². The van der Waals surface area contributed by atoms with E-state index < -0.39 is 0 Å². The van der Waals surface area contributed by atoms with Crippen LogP contribution in [0.3, 0.4) is 0 Å². The van der Waals surface area contributed by atoms with Gasteiger partial charge in [0.2, 0.25) is 5.91 Å². The Bertz CT molecular complexity index is 753. The van der Waals surface area contributed by atoms with Crippen LogP contribution in [0.15, 0.2) is 48.5 Å². The zero-order valence-electron chi connectivity index (χ0n) is 16.2. The molecule has 0 spiro atoms. The van der Waals surface area contributed by atoms with Gasteiger partial charge in [-0.05, 0) is 47.9 Å². The summed E-state index contributed by atoms with van der Waals surface area (Å²) in [5.41, 5.74) is 2.16. The Labute approximate surface area is 161 Å². The van der Waals surface area contributed by atoms with Gasteiger partial charge in [-0.2, -0.15) is 0 Å². The molecule has 1 amide bonds. The third-order valence-corrected chi connectivity index (χ3v) is 3.97.